The third kappa shape index (κ3) is 4.20. The Balaban J connectivity index is 1.53. The second kappa shape index (κ2) is 8.28. The number of hydrogen-bond donors (Lipinski definition) is 2. The van der Waals surface area contributed by atoms with Crippen molar-refractivity contribution >= 4 is 11.6 Å². The van der Waals surface area contributed by atoms with E-state index in [2.05, 4.69) is 27.0 Å². The number of nitrogens with two attached hydrogens (primary N) is 1. The Bertz CT molecular complexity index is 987. The molecule has 1 aliphatic heterocycles. The first-order chi connectivity index (χ1) is 14.1. The van der Waals surface area contributed by atoms with Crippen LogP contribution in [0, 0.1) is 0 Å². The number of rotatable bonds is 4. The summed E-state index contributed by atoms with van der Waals surface area (Å²) in [5.74, 6) is 0.0890. The van der Waals surface area contributed by atoms with Crippen LogP contribution in [0.5, 0.6) is 5.75 Å². The quantitative estimate of drug-likeness (QED) is 0.711. The van der Waals surface area contributed by atoms with Gasteiger partial charge >= 0.3 is 0 Å². The maximum atomic E-state index is 12.8. The van der Waals surface area contributed by atoms with E-state index in [-0.39, 0.29) is 17.7 Å². The molecule has 148 valence electrons. The SMILES string of the molecule is Nc1cncc(C(=O)N2CCN(C(c3ccccc3)c3cncc(O)c3)CC2)c1. The van der Waals surface area contributed by atoms with Crippen molar-refractivity contribution in [1.82, 2.24) is 19.8 Å². The Morgan fingerprint density at radius 3 is 2.34 bits per heavy atom. The van der Waals surface area contributed by atoms with Crippen LogP contribution in [0.15, 0.2) is 67.3 Å². The summed E-state index contributed by atoms with van der Waals surface area (Å²) in [7, 11) is 0. The molecule has 7 heteroatoms. The molecule has 2 aromatic heterocycles. The zero-order valence-electron chi connectivity index (χ0n) is 16.0. The summed E-state index contributed by atoms with van der Waals surface area (Å²) < 4.78 is 0. The predicted molar refractivity (Wildman–Crippen MR) is 110 cm³/mol. The second-order valence-electron chi connectivity index (χ2n) is 7.12. The molecule has 1 aromatic carbocycles. The number of piperazine rings is 1. The van der Waals surface area contributed by atoms with Crippen molar-refractivity contribution in [3.63, 3.8) is 0 Å². The van der Waals surface area contributed by atoms with Crippen LogP contribution in [0.1, 0.15) is 27.5 Å². The lowest BCUT2D eigenvalue weighted by molar-refractivity contribution is 0.0596. The number of aromatic nitrogens is 2. The largest absolute Gasteiger partial charge is 0.506 e. The van der Waals surface area contributed by atoms with Crippen molar-refractivity contribution in [2.75, 3.05) is 31.9 Å². The highest BCUT2D eigenvalue weighted by atomic mass is 16.3. The van der Waals surface area contributed by atoms with Gasteiger partial charge in [-0.2, -0.15) is 0 Å². The highest BCUT2D eigenvalue weighted by Crippen LogP contribution is 2.30. The summed E-state index contributed by atoms with van der Waals surface area (Å²) in [6.45, 7) is 2.61. The van der Waals surface area contributed by atoms with Crippen LogP contribution in [0.25, 0.3) is 0 Å². The van der Waals surface area contributed by atoms with Crippen LogP contribution in [-0.4, -0.2) is 57.0 Å². The van der Waals surface area contributed by atoms with Crippen molar-refractivity contribution in [2.24, 2.45) is 0 Å². The van der Waals surface area contributed by atoms with Crippen molar-refractivity contribution in [3.05, 3.63) is 83.9 Å². The van der Waals surface area contributed by atoms with Gasteiger partial charge in [-0.15, -0.1) is 0 Å². The van der Waals surface area contributed by atoms with Gasteiger partial charge in [0.1, 0.15) is 5.75 Å². The summed E-state index contributed by atoms with van der Waals surface area (Å²) in [6, 6.07) is 13.5. The van der Waals surface area contributed by atoms with Gasteiger partial charge in [0.15, 0.2) is 0 Å². The third-order valence-electron chi connectivity index (χ3n) is 5.15. The van der Waals surface area contributed by atoms with E-state index in [1.54, 1.807) is 24.5 Å². The van der Waals surface area contributed by atoms with Gasteiger partial charge in [0, 0.05) is 44.8 Å². The Labute approximate surface area is 169 Å². The van der Waals surface area contributed by atoms with Crippen LogP contribution in [0.4, 0.5) is 5.69 Å². The molecule has 1 amide bonds. The molecule has 1 saturated heterocycles. The van der Waals surface area contributed by atoms with E-state index in [4.69, 9.17) is 5.73 Å². The van der Waals surface area contributed by atoms with Gasteiger partial charge in [-0.25, -0.2) is 0 Å². The first kappa shape index (κ1) is 18.9. The molecule has 0 radical (unpaired) electrons. The minimum Gasteiger partial charge on any atom is -0.506 e. The number of nitrogens with zero attached hydrogens (tertiary/aromatic N) is 4. The van der Waals surface area contributed by atoms with Gasteiger partial charge in [-0.05, 0) is 23.3 Å². The summed E-state index contributed by atoms with van der Waals surface area (Å²) in [5, 5.41) is 9.92. The van der Waals surface area contributed by atoms with Gasteiger partial charge in [0.25, 0.3) is 5.91 Å². The van der Waals surface area contributed by atoms with E-state index >= 15 is 0 Å². The molecule has 1 unspecified atom stereocenters. The first-order valence-electron chi connectivity index (χ1n) is 9.54. The van der Waals surface area contributed by atoms with Gasteiger partial charge in [0.2, 0.25) is 0 Å². The van der Waals surface area contributed by atoms with Crippen LogP contribution < -0.4 is 5.73 Å². The fraction of sp³-hybridized carbons (Fsp3) is 0.227. The molecule has 29 heavy (non-hydrogen) atoms. The Kier molecular flexibility index (Phi) is 5.39. The predicted octanol–water partition coefficient (Wildman–Crippen LogP) is 2.31. The fourth-order valence-corrected chi connectivity index (χ4v) is 3.78. The van der Waals surface area contributed by atoms with E-state index < -0.39 is 0 Å². The monoisotopic (exact) mass is 389 g/mol. The molecule has 1 aliphatic rings. The lowest BCUT2D eigenvalue weighted by atomic mass is 9.97. The molecule has 1 atom stereocenters. The molecule has 0 aliphatic carbocycles. The summed E-state index contributed by atoms with van der Waals surface area (Å²) in [6.07, 6.45) is 6.30. The molecule has 0 saturated carbocycles. The van der Waals surface area contributed by atoms with Crippen molar-refractivity contribution in [1.29, 1.82) is 0 Å². The summed E-state index contributed by atoms with van der Waals surface area (Å²) in [5.41, 5.74) is 8.80. The molecule has 3 N–H and O–H groups in total. The molecule has 0 bridgehead atoms. The van der Waals surface area contributed by atoms with Crippen LogP contribution >= 0.6 is 0 Å². The number of hydrogen-bond acceptors (Lipinski definition) is 6. The Morgan fingerprint density at radius 2 is 1.66 bits per heavy atom. The van der Waals surface area contributed by atoms with Gasteiger partial charge in [-0.3, -0.25) is 19.7 Å². The third-order valence-corrected chi connectivity index (χ3v) is 5.15. The van der Waals surface area contributed by atoms with Crippen LogP contribution in [-0.2, 0) is 0 Å². The molecule has 3 aromatic rings. The minimum atomic E-state index is -0.0558. The first-order valence-corrected chi connectivity index (χ1v) is 9.54. The minimum absolute atomic E-state index is 0.0397. The molecule has 7 nitrogen and oxygen atoms in total. The van der Waals surface area contributed by atoms with E-state index in [1.165, 1.54) is 12.4 Å². The highest BCUT2D eigenvalue weighted by Gasteiger charge is 2.29. The van der Waals surface area contributed by atoms with Crippen LogP contribution in [0.2, 0.25) is 0 Å². The number of carbonyl (C=O) groups is 1. The number of carbonyl (C=O) groups excluding carboxylic acids is 1. The number of anilines is 1. The van der Waals surface area contributed by atoms with Crippen LogP contribution in [0.3, 0.4) is 0 Å². The average Bonchev–Trinajstić information content (AvgIpc) is 2.75. The number of amides is 1. The smallest absolute Gasteiger partial charge is 0.255 e. The van der Waals surface area contributed by atoms with E-state index in [1.807, 2.05) is 23.1 Å². The summed E-state index contributed by atoms with van der Waals surface area (Å²) in [4.78, 5) is 25.1. The highest BCUT2D eigenvalue weighted by molar-refractivity contribution is 5.94. The van der Waals surface area contributed by atoms with E-state index in [9.17, 15) is 9.90 Å². The molecule has 1 fully saturated rings. The zero-order chi connectivity index (χ0) is 20.2. The van der Waals surface area contributed by atoms with Crippen molar-refractivity contribution < 1.29 is 9.90 Å². The Hall–Kier alpha value is -3.45. The summed E-state index contributed by atoms with van der Waals surface area (Å²) >= 11 is 0. The Morgan fingerprint density at radius 1 is 0.931 bits per heavy atom. The second-order valence-corrected chi connectivity index (χ2v) is 7.12. The van der Waals surface area contributed by atoms with Crippen molar-refractivity contribution in [3.8, 4) is 5.75 Å². The van der Waals surface area contributed by atoms with Gasteiger partial charge in [-0.1, -0.05) is 30.3 Å². The number of aromatic hydroxyl groups is 1. The molecule has 0 spiro atoms. The maximum absolute atomic E-state index is 12.8. The number of pyridine rings is 2. The zero-order valence-corrected chi connectivity index (χ0v) is 16.0. The molecule has 3 heterocycles. The normalized spacial score (nSPS) is 15.8. The topological polar surface area (TPSA) is 95.6 Å². The van der Waals surface area contributed by atoms with E-state index in [0.717, 1.165) is 11.1 Å². The molecular weight excluding hydrogens is 366 g/mol. The van der Waals surface area contributed by atoms with E-state index in [0.29, 0.717) is 37.4 Å². The standard InChI is InChI=1S/C22H23N5O2/c23-19-10-18(13-24-14-19)22(29)27-8-6-26(7-9-27)21(16-4-2-1-3-5-16)17-11-20(28)15-25-12-17/h1-5,10-15,21,28H,6-9,23H2. The lowest BCUT2D eigenvalue weighted by Crippen LogP contribution is -2.49. The van der Waals surface area contributed by atoms with Crippen molar-refractivity contribution in [2.45, 2.75) is 6.04 Å². The fourth-order valence-electron chi connectivity index (χ4n) is 3.78. The maximum Gasteiger partial charge on any atom is 0.255 e. The lowest BCUT2D eigenvalue weighted by Gasteiger charge is -2.39. The number of nitrogen functional groups attached to an aromatic ring is 1. The number of benzene rings is 1. The molecular formula is C22H23N5O2. The van der Waals surface area contributed by atoms with Gasteiger partial charge in [0.05, 0.1) is 23.5 Å². The molecule has 4 rings (SSSR count). The van der Waals surface area contributed by atoms with Gasteiger partial charge < -0.3 is 15.7 Å². The average molecular weight is 389 g/mol.